The molecule has 0 aliphatic carbocycles. The highest BCUT2D eigenvalue weighted by molar-refractivity contribution is 6.32. The quantitative estimate of drug-likeness (QED) is 0.835. The first-order valence-corrected chi connectivity index (χ1v) is 5.12. The maximum atomic E-state index is 5.92. The Morgan fingerprint density at radius 2 is 2.00 bits per heavy atom. The lowest BCUT2D eigenvalue weighted by atomic mass is 10.1. The van der Waals surface area contributed by atoms with Crippen molar-refractivity contribution in [2.45, 2.75) is 19.9 Å². The number of hydrogen-bond donors (Lipinski definition) is 1. The SMILES string of the molecule is CC(C)[C@@H](N)COc1ccccc1Cl. The molecule has 2 N–H and O–H groups in total. The van der Waals surface area contributed by atoms with Crippen molar-refractivity contribution in [2.24, 2.45) is 11.7 Å². The Balaban J connectivity index is 2.50. The van der Waals surface area contributed by atoms with Gasteiger partial charge < -0.3 is 10.5 Å². The van der Waals surface area contributed by atoms with E-state index in [1.807, 2.05) is 18.2 Å². The topological polar surface area (TPSA) is 35.2 Å². The van der Waals surface area contributed by atoms with E-state index in [4.69, 9.17) is 22.1 Å². The summed E-state index contributed by atoms with van der Waals surface area (Å²) in [4.78, 5) is 0. The van der Waals surface area contributed by atoms with E-state index in [2.05, 4.69) is 13.8 Å². The Bertz CT molecular complexity index is 288. The molecule has 0 fully saturated rings. The second kappa shape index (κ2) is 5.23. The van der Waals surface area contributed by atoms with Crippen molar-refractivity contribution in [3.63, 3.8) is 0 Å². The maximum absolute atomic E-state index is 5.92. The summed E-state index contributed by atoms with van der Waals surface area (Å²) in [5.74, 6) is 1.11. The van der Waals surface area contributed by atoms with Crippen LogP contribution >= 0.6 is 11.6 Å². The van der Waals surface area contributed by atoms with Crippen molar-refractivity contribution < 1.29 is 4.74 Å². The van der Waals surface area contributed by atoms with Crippen LogP contribution in [0.2, 0.25) is 5.02 Å². The second-order valence-corrected chi connectivity index (χ2v) is 4.06. The zero-order valence-electron chi connectivity index (χ0n) is 8.53. The highest BCUT2D eigenvalue weighted by Gasteiger charge is 2.09. The normalized spacial score (nSPS) is 12.9. The molecular formula is C11H16ClNO. The third-order valence-electron chi connectivity index (χ3n) is 2.12. The van der Waals surface area contributed by atoms with E-state index in [1.165, 1.54) is 0 Å². The first kappa shape index (κ1) is 11.3. The van der Waals surface area contributed by atoms with Crippen LogP contribution in [-0.2, 0) is 0 Å². The van der Waals surface area contributed by atoms with Crippen LogP contribution in [0.4, 0.5) is 0 Å². The minimum absolute atomic E-state index is 0.0475. The lowest BCUT2D eigenvalue weighted by molar-refractivity contribution is 0.260. The summed E-state index contributed by atoms with van der Waals surface area (Å²) in [5.41, 5.74) is 5.85. The molecular weight excluding hydrogens is 198 g/mol. The third-order valence-corrected chi connectivity index (χ3v) is 2.44. The van der Waals surface area contributed by atoms with E-state index in [0.29, 0.717) is 23.3 Å². The standard InChI is InChI=1S/C11H16ClNO/c1-8(2)10(13)7-14-11-6-4-3-5-9(11)12/h3-6,8,10H,7,13H2,1-2H3/t10-/m0/s1. The molecule has 78 valence electrons. The summed E-state index contributed by atoms with van der Waals surface area (Å²) in [6, 6.07) is 7.46. The van der Waals surface area contributed by atoms with Crippen LogP contribution in [0.15, 0.2) is 24.3 Å². The number of nitrogens with two attached hydrogens (primary N) is 1. The number of para-hydroxylation sites is 1. The number of rotatable bonds is 4. The molecule has 3 heteroatoms. The van der Waals surface area contributed by atoms with E-state index in [0.717, 1.165) is 0 Å². The summed E-state index contributed by atoms with van der Waals surface area (Å²) >= 11 is 5.92. The lowest BCUT2D eigenvalue weighted by Gasteiger charge is -2.16. The molecule has 1 aromatic carbocycles. The molecule has 0 heterocycles. The van der Waals surface area contributed by atoms with Gasteiger partial charge in [-0.1, -0.05) is 37.6 Å². The van der Waals surface area contributed by atoms with Gasteiger partial charge in [-0.15, -0.1) is 0 Å². The van der Waals surface area contributed by atoms with Crippen LogP contribution in [-0.4, -0.2) is 12.6 Å². The van der Waals surface area contributed by atoms with Crippen molar-refractivity contribution in [3.8, 4) is 5.75 Å². The predicted molar refractivity (Wildman–Crippen MR) is 59.8 cm³/mol. The van der Waals surface area contributed by atoms with Crippen molar-refractivity contribution in [3.05, 3.63) is 29.3 Å². The van der Waals surface area contributed by atoms with Gasteiger partial charge in [0.1, 0.15) is 12.4 Å². The molecule has 0 aliphatic rings. The molecule has 0 saturated heterocycles. The first-order valence-electron chi connectivity index (χ1n) is 4.74. The van der Waals surface area contributed by atoms with E-state index in [9.17, 15) is 0 Å². The molecule has 0 saturated carbocycles. The van der Waals surface area contributed by atoms with E-state index >= 15 is 0 Å². The van der Waals surface area contributed by atoms with Gasteiger partial charge in [-0.25, -0.2) is 0 Å². The van der Waals surface area contributed by atoms with Gasteiger partial charge in [0.15, 0.2) is 0 Å². The first-order chi connectivity index (χ1) is 6.61. The Morgan fingerprint density at radius 1 is 1.36 bits per heavy atom. The fourth-order valence-corrected chi connectivity index (χ4v) is 1.13. The molecule has 2 nitrogen and oxygen atoms in total. The van der Waals surface area contributed by atoms with Crippen LogP contribution < -0.4 is 10.5 Å². The number of ether oxygens (including phenoxy) is 1. The summed E-state index contributed by atoms with van der Waals surface area (Å²) < 4.78 is 5.50. The van der Waals surface area contributed by atoms with Crippen LogP contribution in [0.1, 0.15) is 13.8 Å². The van der Waals surface area contributed by atoms with E-state index in [-0.39, 0.29) is 6.04 Å². The highest BCUT2D eigenvalue weighted by Crippen LogP contribution is 2.23. The minimum Gasteiger partial charge on any atom is -0.490 e. The molecule has 0 aliphatic heterocycles. The Kier molecular flexibility index (Phi) is 4.23. The number of benzene rings is 1. The monoisotopic (exact) mass is 213 g/mol. The van der Waals surface area contributed by atoms with E-state index < -0.39 is 0 Å². The van der Waals surface area contributed by atoms with Crippen LogP contribution in [0, 0.1) is 5.92 Å². The van der Waals surface area contributed by atoms with Crippen LogP contribution in [0.25, 0.3) is 0 Å². The number of hydrogen-bond acceptors (Lipinski definition) is 2. The summed E-state index contributed by atoms with van der Waals surface area (Å²) in [6.07, 6.45) is 0. The van der Waals surface area contributed by atoms with Crippen molar-refractivity contribution >= 4 is 11.6 Å². The average molecular weight is 214 g/mol. The molecule has 14 heavy (non-hydrogen) atoms. The molecule has 0 aromatic heterocycles. The molecule has 1 atom stereocenters. The zero-order valence-corrected chi connectivity index (χ0v) is 9.29. The van der Waals surface area contributed by atoms with Gasteiger partial charge in [0.2, 0.25) is 0 Å². The van der Waals surface area contributed by atoms with Gasteiger partial charge in [0.25, 0.3) is 0 Å². The molecule has 0 spiro atoms. The fraction of sp³-hybridized carbons (Fsp3) is 0.455. The summed E-state index contributed by atoms with van der Waals surface area (Å²) in [7, 11) is 0. The molecule has 0 radical (unpaired) electrons. The number of halogens is 1. The molecule has 0 unspecified atom stereocenters. The summed E-state index contributed by atoms with van der Waals surface area (Å²) in [5, 5.41) is 0.628. The summed E-state index contributed by atoms with van der Waals surface area (Å²) in [6.45, 7) is 4.64. The van der Waals surface area contributed by atoms with Crippen LogP contribution in [0.3, 0.4) is 0 Å². The van der Waals surface area contributed by atoms with Crippen LogP contribution in [0.5, 0.6) is 5.75 Å². The van der Waals surface area contributed by atoms with E-state index in [1.54, 1.807) is 6.07 Å². The Labute approximate surface area is 90.0 Å². The van der Waals surface area contributed by atoms with Gasteiger partial charge in [0, 0.05) is 6.04 Å². The van der Waals surface area contributed by atoms with Crippen molar-refractivity contribution in [1.29, 1.82) is 0 Å². The lowest BCUT2D eigenvalue weighted by Crippen LogP contribution is -2.33. The fourth-order valence-electron chi connectivity index (χ4n) is 0.940. The molecule has 1 aromatic rings. The smallest absolute Gasteiger partial charge is 0.137 e. The van der Waals surface area contributed by atoms with Crippen molar-refractivity contribution in [1.82, 2.24) is 0 Å². The third kappa shape index (κ3) is 3.20. The predicted octanol–water partition coefficient (Wildman–Crippen LogP) is 2.70. The zero-order chi connectivity index (χ0) is 10.6. The Hall–Kier alpha value is -0.730. The second-order valence-electron chi connectivity index (χ2n) is 3.65. The molecule has 1 rings (SSSR count). The maximum Gasteiger partial charge on any atom is 0.137 e. The van der Waals surface area contributed by atoms with Gasteiger partial charge in [-0.3, -0.25) is 0 Å². The molecule has 0 bridgehead atoms. The van der Waals surface area contributed by atoms with Gasteiger partial charge in [-0.05, 0) is 18.1 Å². The van der Waals surface area contributed by atoms with Gasteiger partial charge in [0.05, 0.1) is 5.02 Å². The van der Waals surface area contributed by atoms with Gasteiger partial charge in [-0.2, -0.15) is 0 Å². The minimum atomic E-state index is 0.0475. The highest BCUT2D eigenvalue weighted by atomic mass is 35.5. The van der Waals surface area contributed by atoms with Crippen molar-refractivity contribution in [2.75, 3.05) is 6.61 Å². The van der Waals surface area contributed by atoms with Gasteiger partial charge >= 0.3 is 0 Å². The Morgan fingerprint density at radius 3 is 2.57 bits per heavy atom. The molecule has 0 amide bonds. The average Bonchev–Trinajstić information content (AvgIpc) is 2.16. The largest absolute Gasteiger partial charge is 0.490 e.